The summed E-state index contributed by atoms with van der Waals surface area (Å²) in [6.45, 7) is 15.6. The molecule has 0 radical (unpaired) electrons. The average Bonchev–Trinajstić information content (AvgIpc) is 2.90. The molecule has 0 aliphatic rings. The first-order valence-corrected chi connectivity index (χ1v) is 15.5. The molecule has 0 saturated heterocycles. The van der Waals surface area contributed by atoms with Gasteiger partial charge in [0.05, 0.1) is 0 Å². The van der Waals surface area contributed by atoms with Gasteiger partial charge in [0.15, 0.2) is 0 Å². The van der Waals surface area contributed by atoms with E-state index in [4.69, 9.17) is 9.47 Å². The van der Waals surface area contributed by atoms with Crippen LogP contribution in [0.4, 0.5) is 9.59 Å². The van der Waals surface area contributed by atoms with Crippen molar-refractivity contribution in [1.29, 1.82) is 0 Å². The number of rotatable bonds is 12. The van der Waals surface area contributed by atoms with Gasteiger partial charge in [-0.2, -0.15) is 0 Å². The summed E-state index contributed by atoms with van der Waals surface area (Å²) in [5.74, 6) is 0.685. The van der Waals surface area contributed by atoms with Gasteiger partial charge in [0, 0.05) is 49.6 Å². The van der Waals surface area contributed by atoms with Crippen LogP contribution in [0.25, 0.3) is 10.8 Å². The van der Waals surface area contributed by atoms with Gasteiger partial charge in [0.2, 0.25) is 0 Å². The van der Waals surface area contributed by atoms with E-state index >= 15 is 0 Å². The zero-order chi connectivity index (χ0) is 30.8. The molecule has 8 nitrogen and oxygen atoms in total. The van der Waals surface area contributed by atoms with E-state index in [0.717, 1.165) is 27.8 Å². The summed E-state index contributed by atoms with van der Waals surface area (Å²) in [6, 6.07) is 18.6. The number of benzene rings is 2. The SMILES string of the molecule is C[C@H](CN(CCc1ccccc1)C(=O)OC(C)(C)C)NCc1ccc2c(SCCNC(=O)OC(C)(C)C)nccc2c1. The zero-order valence-corrected chi connectivity index (χ0v) is 26.8. The van der Waals surface area contributed by atoms with Crippen LogP contribution >= 0.6 is 11.8 Å². The van der Waals surface area contributed by atoms with Gasteiger partial charge < -0.3 is 25.0 Å². The maximum atomic E-state index is 13.0. The maximum absolute atomic E-state index is 13.0. The van der Waals surface area contributed by atoms with Crippen LogP contribution in [0, 0.1) is 0 Å². The number of carbonyl (C=O) groups excluding carboxylic acids is 2. The van der Waals surface area contributed by atoms with Gasteiger partial charge in [-0.3, -0.25) is 0 Å². The van der Waals surface area contributed by atoms with E-state index in [2.05, 4.69) is 52.9 Å². The Hall–Kier alpha value is -3.30. The molecule has 1 heterocycles. The molecule has 3 rings (SSSR count). The molecule has 0 bridgehead atoms. The predicted octanol–water partition coefficient (Wildman–Crippen LogP) is 6.81. The Bertz CT molecular complexity index is 1300. The Labute approximate surface area is 254 Å². The van der Waals surface area contributed by atoms with Crippen molar-refractivity contribution >= 4 is 34.7 Å². The van der Waals surface area contributed by atoms with Crippen LogP contribution in [-0.4, -0.2) is 64.7 Å². The Morgan fingerprint density at radius 2 is 1.67 bits per heavy atom. The van der Waals surface area contributed by atoms with Crippen molar-refractivity contribution in [3.63, 3.8) is 0 Å². The Morgan fingerprint density at radius 1 is 0.952 bits per heavy atom. The second kappa shape index (κ2) is 15.3. The first-order chi connectivity index (χ1) is 19.8. The number of amides is 2. The molecule has 2 N–H and O–H groups in total. The predicted molar refractivity (Wildman–Crippen MR) is 171 cm³/mol. The van der Waals surface area contributed by atoms with Crippen molar-refractivity contribution in [2.75, 3.05) is 25.4 Å². The van der Waals surface area contributed by atoms with Crippen LogP contribution < -0.4 is 10.6 Å². The highest BCUT2D eigenvalue weighted by Gasteiger charge is 2.23. The number of fused-ring (bicyclic) bond motifs is 1. The molecule has 0 saturated carbocycles. The zero-order valence-electron chi connectivity index (χ0n) is 26.0. The minimum Gasteiger partial charge on any atom is -0.444 e. The third-order valence-corrected chi connectivity index (χ3v) is 7.12. The smallest absolute Gasteiger partial charge is 0.410 e. The normalized spacial score (nSPS) is 12.5. The lowest BCUT2D eigenvalue weighted by molar-refractivity contribution is 0.0236. The van der Waals surface area contributed by atoms with Crippen molar-refractivity contribution in [1.82, 2.24) is 20.5 Å². The Morgan fingerprint density at radius 3 is 2.36 bits per heavy atom. The molecule has 1 aromatic heterocycles. The molecule has 228 valence electrons. The molecule has 0 unspecified atom stereocenters. The van der Waals surface area contributed by atoms with Crippen LogP contribution in [0.2, 0.25) is 0 Å². The summed E-state index contributed by atoms with van der Waals surface area (Å²) in [4.78, 5) is 31.2. The van der Waals surface area contributed by atoms with Crippen LogP contribution in [0.5, 0.6) is 0 Å². The number of aromatic nitrogens is 1. The number of ether oxygens (including phenoxy) is 2. The molecule has 42 heavy (non-hydrogen) atoms. The second-order valence-corrected chi connectivity index (χ2v) is 13.5. The Balaban J connectivity index is 1.55. The summed E-state index contributed by atoms with van der Waals surface area (Å²) >= 11 is 1.60. The summed E-state index contributed by atoms with van der Waals surface area (Å²) < 4.78 is 11.0. The molecule has 1 atom stereocenters. The maximum Gasteiger partial charge on any atom is 0.410 e. The van der Waals surface area contributed by atoms with Gasteiger partial charge >= 0.3 is 12.2 Å². The molecule has 0 spiro atoms. The molecule has 2 aromatic carbocycles. The first kappa shape index (κ1) is 33.2. The minimum absolute atomic E-state index is 0.0602. The van der Waals surface area contributed by atoms with Crippen molar-refractivity contribution in [3.8, 4) is 0 Å². The standard InChI is InChI=1S/C33H46N4O4S/c1-24(23-37(31(39)41-33(5,6)7)19-16-25-11-9-8-10-12-25)36-22-26-13-14-28-27(21-26)15-17-34-29(28)42-20-18-35-30(38)40-32(2,3)4/h8-15,17,21,24,36H,16,18-20,22-23H2,1-7H3,(H,35,38)/t24-/m1/s1. The van der Waals surface area contributed by atoms with Gasteiger partial charge in [0.1, 0.15) is 16.2 Å². The van der Waals surface area contributed by atoms with E-state index < -0.39 is 17.3 Å². The fourth-order valence-electron chi connectivity index (χ4n) is 4.22. The number of carbonyl (C=O) groups is 2. The van der Waals surface area contributed by atoms with E-state index in [9.17, 15) is 9.59 Å². The second-order valence-electron chi connectivity index (χ2n) is 12.4. The van der Waals surface area contributed by atoms with Gasteiger partial charge in [-0.05, 0) is 83.5 Å². The van der Waals surface area contributed by atoms with Crippen molar-refractivity contribution in [3.05, 3.63) is 71.9 Å². The van der Waals surface area contributed by atoms with E-state index in [1.54, 1.807) is 16.7 Å². The molecule has 9 heteroatoms. The monoisotopic (exact) mass is 594 g/mol. The minimum atomic E-state index is -0.551. The fourth-order valence-corrected chi connectivity index (χ4v) is 5.09. The molecule has 0 aliphatic carbocycles. The summed E-state index contributed by atoms with van der Waals surface area (Å²) in [5, 5.41) is 9.48. The quantitative estimate of drug-likeness (QED) is 0.176. The topological polar surface area (TPSA) is 92.8 Å². The molecule has 3 aromatic rings. The van der Waals surface area contributed by atoms with E-state index in [-0.39, 0.29) is 12.1 Å². The summed E-state index contributed by atoms with van der Waals surface area (Å²) in [6.07, 6.45) is 1.88. The van der Waals surface area contributed by atoms with Gasteiger partial charge in [-0.15, -0.1) is 11.8 Å². The average molecular weight is 595 g/mol. The molecular formula is C33H46N4O4S. The first-order valence-electron chi connectivity index (χ1n) is 14.5. The van der Waals surface area contributed by atoms with Gasteiger partial charge in [-0.25, -0.2) is 14.6 Å². The van der Waals surface area contributed by atoms with Crippen LogP contribution in [0.3, 0.4) is 0 Å². The number of pyridine rings is 1. The van der Waals surface area contributed by atoms with Gasteiger partial charge in [-0.1, -0.05) is 42.5 Å². The van der Waals surface area contributed by atoms with Crippen molar-refractivity contribution in [2.24, 2.45) is 0 Å². The highest BCUT2D eigenvalue weighted by molar-refractivity contribution is 7.99. The number of nitrogens with zero attached hydrogens (tertiary/aromatic N) is 2. The molecule has 0 fully saturated rings. The third kappa shape index (κ3) is 11.9. The van der Waals surface area contributed by atoms with Gasteiger partial charge in [0.25, 0.3) is 0 Å². The molecular weight excluding hydrogens is 548 g/mol. The Kier molecular flexibility index (Phi) is 12.1. The summed E-state index contributed by atoms with van der Waals surface area (Å²) in [5.41, 5.74) is 1.27. The third-order valence-electron chi connectivity index (χ3n) is 6.12. The van der Waals surface area contributed by atoms with Crippen LogP contribution in [-0.2, 0) is 22.4 Å². The highest BCUT2D eigenvalue weighted by Crippen LogP contribution is 2.26. The molecule has 0 aliphatic heterocycles. The number of alkyl carbamates (subject to hydrolysis) is 1. The largest absolute Gasteiger partial charge is 0.444 e. The number of hydrogen-bond donors (Lipinski definition) is 2. The van der Waals surface area contributed by atoms with E-state index in [0.29, 0.717) is 31.9 Å². The lowest BCUT2D eigenvalue weighted by Gasteiger charge is -2.29. The number of hydrogen-bond acceptors (Lipinski definition) is 7. The van der Waals surface area contributed by atoms with Crippen molar-refractivity contribution < 1.29 is 19.1 Å². The number of thioether (sulfide) groups is 1. The highest BCUT2D eigenvalue weighted by atomic mass is 32.2. The number of nitrogens with one attached hydrogen (secondary N) is 2. The van der Waals surface area contributed by atoms with E-state index in [1.807, 2.05) is 72.0 Å². The fraction of sp³-hybridized carbons (Fsp3) is 0.485. The van der Waals surface area contributed by atoms with E-state index in [1.165, 1.54) is 5.56 Å². The summed E-state index contributed by atoms with van der Waals surface area (Å²) in [7, 11) is 0. The van der Waals surface area contributed by atoms with Crippen LogP contribution in [0.1, 0.15) is 59.6 Å². The van der Waals surface area contributed by atoms with Crippen molar-refractivity contribution in [2.45, 2.75) is 83.7 Å². The lowest BCUT2D eigenvalue weighted by Crippen LogP contribution is -2.45. The molecule has 2 amide bonds. The lowest BCUT2D eigenvalue weighted by atomic mass is 10.1. The van der Waals surface area contributed by atoms with Crippen LogP contribution in [0.15, 0.2) is 65.8 Å².